The average Bonchev–Trinajstić information content (AvgIpc) is 2.44. The number of Topliss-reactive ketones (excluding diaryl/α,β-unsaturated/α-hetero) is 2. The number of ether oxygens (including phenoxy) is 1. The zero-order chi connectivity index (χ0) is 19.2. The van der Waals surface area contributed by atoms with Crippen LogP contribution in [0, 0.1) is 0 Å². The lowest BCUT2D eigenvalue weighted by Gasteiger charge is -2.22. The Labute approximate surface area is 146 Å². The molecule has 25 heavy (non-hydrogen) atoms. The van der Waals surface area contributed by atoms with Gasteiger partial charge in [0.05, 0.1) is 6.42 Å². The second-order valence-electron chi connectivity index (χ2n) is 6.74. The minimum Gasteiger partial charge on any atom is -0.480 e. The van der Waals surface area contributed by atoms with Gasteiger partial charge in [-0.3, -0.25) is 9.59 Å². The summed E-state index contributed by atoms with van der Waals surface area (Å²) in [6.45, 7) is 6.38. The molecule has 0 aliphatic carbocycles. The Morgan fingerprint density at radius 3 is 2.12 bits per heavy atom. The minimum atomic E-state index is -1.19. The van der Waals surface area contributed by atoms with Crippen molar-refractivity contribution in [3.05, 3.63) is 35.4 Å². The summed E-state index contributed by atoms with van der Waals surface area (Å²) >= 11 is 0. The minimum absolute atomic E-state index is 0.0375. The first-order chi connectivity index (χ1) is 11.5. The number of carbonyl (C=O) groups excluding carboxylic acids is 3. The molecule has 7 nitrogen and oxygen atoms in total. The third kappa shape index (κ3) is 7.60. The molecule has 0 aliphatic rings. The molecule has 1 atom stereocenters. The number of hydrogen-bond acceptors (Lipinski definition) is 5. The maximum absolute atomic E-state index is 11.8. The second-order valence-corrected chi connectivity index (χ2v) is 6.74. The third-order valence-corrected chi connectivity index (χ3v) is 3.11. The molecule has 7 heteroatoms. The Morgan fingerprint density at radius 2 is 1.68 bits per heavy atom. The zero-order valence-corrected chi connectivity index (χ0v) is 14.8. The van der Waals surface area contributed by atoms with Crippen LogP contribution in [-0.2, 0) is 20.7 Å². The number of hydrogen-bond donors (Lipinski definition) is 2. The number of carboxylic acids is 1. The predicted molar refractivity (Wildman–Crippen MR) is 90.6 cm³/mol. The van der Waals surface area contributed by atoms with Gasteiger partial charge >= 0.3 is 12.1 Å². The average molecular weight is 349 g/mol. The van der Waals surface area contributed by atoms with Gasteiger partial charge in [0.2, 0.25) is 0 Å². The van der Waals surface area contributed by atoms with Gasteiger partial charge in [-0.2, -0.15) is 0 Å². The van der Waals surface area contributed by atoms with E-state index in [4.69, 9.17) is 4.74 Å². The molecule has 0 spiro atoms. The van der Waals surface area contributed by atoms with Crippen molar-refractivity contribution >= 4 is 23.6 Å². The lowest BCUT2D eigenvalue weighted by molar-refractivity contribution is -0.139. The number of carbonyl (C=O) groups is 4. The largest absolute Gasteiger partial charge is 0.480 e. The Morgan fingerprint density at radius 1 is 1.12 bits per heavy atom. The van der Waals surface area contributed by atoms with E-state index < -0.39 is 23.7 Å². The second kappa shape index (κ2) is 8.41. The predicted octanol–water partition coefficient (Wildman–Crippen LogP) is 2.37. The van der Waals surface area contributed by atoms with E-state index in [1.807, 2.05) is 0 Å². The van der Waals surface area contributed by atoms with Crippen LogP contribution in [0.1, 0.15) is 50.0 Å². The summed E-state index contributed by atoms with van der Waals surface area (Å²) < 4.78 is 5.05. The standard InChI is InChI=1S/C18H23NO6/c1-11(20)9-15(21)13-7-5-12(6-8-13)10-14(16(22)23)19-17(24)25-18(2,3)4/h5-8,14H,9-10H2,1-4H3,(H,19,24)(H,22,23). The van der Waals surface area contributed by atoms with E-state index in [0.29, 0.717) is 11.1 Å². The number of rotatable bonds is 7. The number of carboxylic acid groups (broad SMARTS) is 1. The molecule has 0 aliphatic heterocycles. The van der Waals surface area contributed by atoms with Crippen LogP contribution in [0.4, 0.5) is 4.79 Å². The van der Waals surface area contributed by atoms with Crippen LogP contribution in [0.3, 0.4) is 0 Å². The van der Waals surface area contributed by atoms with Crippen LogP contribution in [0.15, 0.2) is 24.3 Å². The Hall–Kier alpha value is -2.70. The molecule has 0 saturated carbocycles. The van der Waals surface area contributed by atoms with Gasteiger partial charge in [0.25, 0.3) is 0 Å². The number of amides is 1. The highest BCUT2D eigenvalue weighted by molar-refractivity contribution is 6.07. The number of alkyl carbamates (subject to hydrolysis) is 1. The van der Waals surface area contributed by atoms with E-state index in [1.54, 1.807) is 32.9 Å². The van der Waals surface area contributed by atoms with Crippen molar-refractivity contribution in [3.8, 4) is 0 Å². The summed E-state index contributed by atoms with van der Waals surface area (Å²) in [5.74, 6) is -1.70. The molecule has 0 saturated heterocycles. The molecule has 0 bridgehead atoms. The maximum Gasteiger partial charge on any atom is 0.408 e. The first-order valence-electron chi connectivity index (χ1n) is 7.82. The van der Waals surface area contributed by atoms with Gasteiger partial charge in [-0.25, -0.2) is 9.59 Å². The number of benzene rings is 1. The molecule has 1 aromatic rings. The topological polar surface area (TPSA) is 110 Å². The summed E-state index contributed by atoms with van der Waals surface area (Å²) in [4.78, 5) is 45.8. The van der Waals surface area contributed by atoms with Crippen molar-refractivity contribution in [2.45, 2.75) is 52.2 Å². The van der Waals surface area contributed by atoms with Gasteiger partial charge in [0, 0.05) is 12.0 Å². The molecular weight excluding hydrogens is 326 g/mol. The van der Waals surface area contributed by atoms with Crippen molar-refractivity contribution in [3.63, 3.8) is 0 Å². The summed E-state index contributed by atoms with van der Waals surface area (Å²) in [6.07, 6.45) is -0.944. The van der Waals surface area contributed by atoms with Gasteiger partial charge in [0.1, 0.15) is 17.4 Å². The van der Waals surface area contributed by atoms with Gasteiger partial charge < -0.3 is 15.2 Å². The SMILES string of the molecule is CC(=O)CC(=O)c1ccc(CC(NC(=O)OC(C)(C)C)C(=O)O)cc1. The fourth-order valence-electron chi connectivity index (χ4n) is 2.04. The number of aliphatic carboxylic acids is 1. The molecule has 1 rings (SSSR count). The smallest absolute Gasteiger partial charge is 0.408 e. The molecule has 0 radical (unpaired) electrons. The Kier molecular flexibility index (Phi) is 6.85. The monoisotopic (exact) mass is 349 g/mol. The first-order valence-corrected chi connectivity index (χ1v) is 7.82. The fourth-order valence-corrected chi connectivity index (χ4v) is 2.04. The number of ketones is 2. The lowest BCUT2D eigenvalue weighted by atomic mass is 10.0. The van der Waals surface area contributed by atoms with E-state index in [-0.39, 0.29) is 24.4 Å². The van der Waals surface area contributed by atoms with Crippen LogP contribution in [0.25, 0.3) is 0 Å². The van der Waals surface area contributed by atoms with E-state index in [9.17, 15) is 24.3 Å². The maximum atomic E-state index is 11.8. The molecular formula is C18H23NO6. The van der Waals surface area contributed by atoms with Gasteiger partial charge in [0.15, 0.2) is 5.78 Å². The Bertz CT molecular complexity index is 657. The highest BCUT2D eigenvalue weighted by Crippen LogP contribution is 2.11. The van der Waals surface area contributed by atoms with Gasteiger partial charge in [-0.1, -0.05) is 24.3 Å². The molecule has 0 heterocycles. The third-order valence-electron chi connectivity index (χ3n) is 3.11. The highest BCUT2D eigenvalue weighted by atomic mass is 16.6. The van der Waals surface area contributed by atoms with Crippen LogP contribution in [-0.4, -0.2) is 40.4 Å². The summed E-state index contributed by atoms with van der Waals surface area (Å²) in [5, 5.41) is 11.6. The molecule has 136 valence electrons. The van der Waals surface area contributed by atoms with E-state index >= 15 is 0 Å². The van der Waals surface area contributed by atoms with Gasteiger partial charge in [-0.15, -0.1) is 0 Å². The van der Waals surface area contributed by atoms with Crippen molar-refractivity contribution in [2.24, 2.45) is 0 Å². The van der Waals surface area contributed by atoms with E-state index in [0.717, 1.165) is 0 Å². The van der Waals surface area contributed by atoms with Crippen LogP contribution in [0.5, 0.6) is 0 Å². The normalized spacial score (nSPS) is 12.2. The summed E-state index contributed by atoms with van der Waals surface area (Å²) in [5.41, 5.74) is 0.278. The van der Waals surface area contributed by atoms with Crippen molar-refractivity contribution in [2.75, 3.05) is 0 Å². The molecule has 2 N–H and O–H groups in total. The van der Waals surface area contributed by atoms with E-state index in [2.05, 4.69) is 5.32 Å². The fraction of sp³-hybridized carbons (Fsp3) is 0.444. The zero-order valence-electron chi connectivity index (χ0n) is 14.8. The molecule has 0 aromatic heterocycles. The van der Waals surface area contributed by atoms with Crippen LogP contribution < -0.4 is 5.32 Å². The summed E-state index contributed by atoms with van der Waals surface area (Å²) in [6, 6.07) is 5.11. The van der Waals surface area contributed by atoms with Crippen LogP contribution >= 0.6 is 0 Å². The van der Waals surface area contributed by atoms with Crippen molar-refractivity contribution < 1.29 is 29.0 Å². The first kappa shape index (κ1) is 20.3. The van der Waals surface area contributed by atoms with Crippen LogP contribution in [0.2, 0.25) is 0 Å². The molecule has 1 aromatic carbocycles. The highest BCUT2D eigenvalue weighted by Gasteiger charge is 2.24. The number of nitrogens with one attached hydrogen (secondary N) is 1. The van der Waals surface area contributed by atoms with Crippen molar-refractivity contribution in [1.29, 1.82) is 0 Å². The lowest BCUT2D eigenvalue weighted by Crippen LogP contribution is -2.44. The molecule has 1 amide bonds. The quantitative estimate of drug-likeness (QED) is 0.578. The molecule has 1 unspecified atom stereocenters. The van der Waals surface area contributed by atoms with Gasteiger partial charge in [-0.05, 0) is 33.3 Å². The molecule has 0 fully saturated rings. The summed E-state index contributed by atoms with van der Waals surface area (Å²) in [7, 11) is 0. The van der Waals surface area contributed by atoms with Crippen molar-refractivity contribution in [1.82, 2.24) is 5.32 Å². The van der Waals surface area contributed by atoms with E-state index in [1.165, 1.54) is 19.1 Å². The Balaban J connectivity index is 2.76.